The summed E-state index contributed by atoms with van der Waals surface area (Å²) in [5.41, 5.74) is 7.35. The Morgan fingerprint density at radius 1 is 1.16 bits per heavy atom. The molecule has 2 atom stereocenters. The van der Waals surface area contributed by atoms with Crippen LogP contribution in [-0.4, -0.2) is 11.2 Å². The van der Waals surface area contributed by atoms with Gasteiger partial charge in [-0.3, -0.25) is 0 Å². The van der Waals surface area contributed by atoms with Crippen LogP contribution in [0.2, 0.25) is 5.02 Å². The fourth-order valence-corrected chi connectivity index (χ4v) is 2.20. The van der Waals surface area contributed by atoms with E-state index >= 15 is 0 Å². The van der Waals surface area contributed by atoms with Gasteiger partial charge in [-0.2, -0.15) is 0 Å². The van der Waals surface area contributed by atoms with Gasteiger partial charge in [-0.05, 0) is 29.3 Å². The van der Waals surface area contributed by atoms with E-state index in [9.17, 15) is 9.50 Å². The average Bonchev–Trinajstić information content (AvgIpc) is 2.42. The normalized spacial score (nSPS) is 14.1. The minimum Gasteiger partial charge on any atom is -0.391 e. The van der Waals surface area contributed by atoms with Gasteiger partial charge in [-0.25, -0.2) is 4.39 Å². The lowest BCUT2D eigenvalue weighted by Gasteiger charge is -2.20. The van der Waals surface area contributed by atoms with E-state index in [2.05, 4.69) is 0 Å². The first-order valence-electron chi connectivity index (χ1n) is 6.00. The van der Waals surface area contributed by atoms with E-state index in [1.54, 1.807) is 0 Å². The molecule has 0 aliphatic heterocycles. The van der Waals surface area contributed by atoms with Crippen molar-refractivity contribution < 1.29 is 9.50 Å². The molecule has 0 aliphatic rings. The second kappa shape index (κ2) is 6.15. The molecule has 0 saturated carbocycles. The highest BCUT2D eigenvalue weighted by Crippen LogP contribution is 2.25. The van der Waals surface area contributed by atoms with E-state index in [1.807, 2.05) is 30.3 Å². The highest BCUT2D eigenvalue weighted by Gasteiger charge is 2.20. The molecule has 19 heavy (non-hydrogen) atoms. The number of aliphatic hydroxyl groups excluding tert-OH is 1. The molecular weight excluding hydrogens is 265 g/mol. The molecule has 0 spiro atoms. The van der Waals surface area contributed by atoms with Crippen LogP contribution in [-0.2, 0) is 6.42 Å². The molecule has 0 amide bonds. The molecule has 0 radical (unpaired) electrons. The monoisotopic (exact) mass is 279 g/mol. The lowest BCUT2D eigenvalue weighted by Crippen LogP contribution is -2.28. The minimum atomic E-state index is -0.818. The molecule has 0 heterocycles. The Balaban J connectivity index is 2.14. The van der Waals surface area contributed by atoms with Crippen LogP contribution in [0.25, 0.3) is 0 Å². The van der Waals surface area contributed by atoms with E-state index in [0.717, 1.165) is 5.56 Å². The molecule has 100 valence electrons. The summed E-state index contributed by atoms with van der Waals surface area (Å²) in [7, 11) is 0. The third kappa shape index (κ3) is 3.53. The molecule has 2 rings (SSSR count). The SMILES string of the molecule is N[C@H](c1cc(F)ccc1Cl)[C@@H](O)Cc1ccccc1. The van der Waals surface area contributed by atoms with Crippen LogP contribution in [0.3, 0.4) is 0 Å². The summed E-state index contributed by atoms with van der Waals surface area (Å²) < 4.78 is 13.2. The summed E-state index contributed by atoms with van der Waals surface area (Å²) in [4.78, 5) is 0. The van der Waals surface area contributed by atoms with Crippen LogP contribution < -0.4 is 5.73 Å². The molecule has 2 aromatic carbocycles. The summed E-state index contributed by atoms with van der Waals surface area (Å²) in [6.07, 6.45) is -0.420. The second-order valence-corrected chi connectivity index (χ2v) is 4.86. The summed E-state index contributed by atoms with van der Waals surface area (Å²) in [6, 6.07) is 12.8. The standard InChI is InChI=1S/C15H15ClFNO/c16-13-7-6-11(17)9-12(13)15(18)14(19)8-10-4-2-1-3-5-10/h1-7,9,14-15,19H,8,18H2/t14-,15+/m0/s1. The lowest BCUT2D eigenvalue weighted by molar-refractivity contribution is 0.145. The van der Waals surface area contributed by atoms with Crippen molar-refractivity contribution in [1.82, 2.24) is 0 Å². The van der Waals surface area contributed by atoms with E-state index < -0.39 is 18.0 Å². The van der Waals surface area contributed by atoms with Gasteiger partial charge in [0.1, 0.15) is 5.82 Å². The Hall–Kier alpha value is -1.42. The van der Waals surface area contributed by atoms with Crippen LogP contribution in [0.4, 0.5) is 4.39 Å². The molecule has 2 nitrogen and oxygen atoms in total. The molecule has 3 N–H and O–H groups in total. The smallest absolute Gasteiger partial charge is 0.123 e. The average molecular weight is 280 g/mol. The molecule has 0 fully saturated rings. The van der Waals surface area contributed by atoms with E-state index in [1.165, 1.54) is 18.2 Å². The van der Waals surface area contributed by atoms with Crippen molar-refractivity contribution in [1.29, 1.82) is 0 Å². The molecule has 2 aromatic rings. The number of hydrogen-bond donors (Lipinski definition) is 2. The van der Waals surface area contributed by atoms with Gasteiger partial charge in [-0.15, -0.1) is 0 Å². The van der Waals surface area contributed by atoms with Crippen LogP contribution in [0.15, 0.2) is 48.5 Å². The zero-order valence-corrected chi connectivity index (χ0v) is 11.0. The van der Waals surface area contributed by atoms with Gasteiger partial charge in [0.2, 0.25) is 0 Å². The van der Waals surface area contributed by atoms with Gasteiger partial charge in [-0.1, -0.05) is 41.9 Å². The van der Waals surface area contributed by atoms with Gasteiger partial charge in [0, 0.05) is 11.4 Å². The van der Waals surface area contributed by atoms with Gasteiger partial charge < -0.3 is 10.8 Å². The zero-order chi connectivity index (χ0) is 13.8. The predicted octanol–water partition coefficient (Wildman–Crippen LogP) is 3.08. The van der Waals surface area contributed by atoms with Crippen molar-refractivity contribution >= 4 is 11.6 Å². The number of hydrogen-bond acceptors (Lipinski definition) is 2. The largest absolute Gasteiger partial charge is 0.391 e. The summed E-state index contributed by atoms with van der Waals surface area (Å²) >= 11 is 5.98. The molecule has 0 saturated heterocycles. The first-order valence-corrected chi connectivity index (χ1v) is 6.38. The summed E-state index contributed by atoms with van der Waals surface area (Å²) in [5, 5.41) is 10.5. The van der Waals surface area contributed by atoms with E-state index in [4.69, 9.17) is 17.3 Å². The van der Waals surface area contributed by atoms with Gasteiger partial charge in [0.25, 0.3) is 0 Å². The summed E-state index contributed by atoms with van der Waals surface area (Å²) in [5.74, 6) is -0.415. The highest BCUT2D eigenvalue weighted by atomic mass is 35.5. The third-order valence-corrected chi connectivity index (χ3v) is 3.36. The molecule has 0 bridgehead atoms. The lowest BCUT2D eigenvalue weighted by atomic mass is 9.97. The van der Waals surface area contributed by atoms with Crippen LogP contribution in [0.1, 0.15) is 17.2 Å². The number of nitrogens with two attached hydrogens (primary N) is 1. The maximum absolute atomic E-state index is 13.2. The molecule has 0 unspecified atom stereocenters. The quantitative estimate of drug-likeness (QED) is 0.903. The van der Waals surface area contributed by atoms with E-state index in [0.29, 0.717) is 17.0 Å². The molecule has 4 heteroatoms. The zero-order valence-electron chi connectivity index (χ0n) is 10.3. The Morgan fingerprint density at radius 2 is 1.84 bits per heavy atom. The van der Waals surface area contributed by atoms with Crippen molar-refractivity contribution in [3.63, 3.8) is 0 Å². The fourth-order valence-electron chi connectivity index (χ4n) is 1.96. The topological polar surface area (TPSA) is 46.2 Å². The van der Waals surface area contributed by atoms with Gasteiger partial charge in [0.05, 0.1) is 12.1 Å². The number of benzene rings is 2. The number of halogens is 2. The minimum absolute atomic E-state index is 0.362. The summed E-state index contributed by atoms with van der Waals surface area (Å²) in [6.45, 7) is 0. The Bertz CT molecular complexity index is 547. The maximum atomic E-state index is 13.2. The molecule has 0 aromatic heterocycles. The fraction of sp³-hybridized carbons (Fsp3) is 0.200. The third-order valence-electron chi connectivity index (χ3n) is 3.02. The Morgan fingerprint density at radius 3 is 2.53 bits per heavy atom. The second-order valence-electron chi connectivity index (χ2n) is 4.45. The van der Waals surface area contributed by atoms with Crippen molar-refractivity contribution in [3.8, 4) is 0 Å². The highest BCUT2D eigenvalue weighted by molar-refractivity contribution is 6.31. The van der Waals surface area contributed by atoms with Gasteiger partial charge >= 0.3 is 0 Å². The van der Waals surface area contributed by atoms with Crippen molar-refractivity contribution in [2.45, 2.75) is 18.6 Å². The van der Waals surface area contributed by atoms with Crippen LogP contribution in [0, 0.1) is 5.82 Å². The van der Waals surface area contributed by atoms with E-state index in [-0.39, 0.29) is 0 Å². The van der Waals surface area contributed by atoms with Crippen LogP contribution in [0.5, 0.6) is 0 Å². The number of aliphatic hydroxyl groups is 1. The van der Waals surface area contributed by atoms with Crippen molar-refractivity contribution in [3.05, 3.63) is 70.5 Å². The van der Waals surface area contributed by atoms with Gasteiger partial charge in [0.15, 0.2) is 0 Å². The van der Waals surface area contributed by atoms with Crippen LogP contribution >= 0.6 is 11.6 Å². The Kier molecular flexibility index (Phi) is 4.53. The molecule has 0 aliphatic carbocycles. The van der Waals surface area contributed by atoms with Crippen molar-refractivity contribution in [2.24, 2.45) is 5.73 Å². The maximum Gasteiger partial charge on any atom is 0.123 e. The first kappa shape index (κ1) is 14.0. The van der Waals surface area contributed by atoms with Crippen molar-refractivity contribution in [2.75, 3.05) is 0 Å². The first-order chi connectivity index (χ1) is 9.08. The Labute approximate surface area is 116 Å². The number of rotatable bonds is 4. The molecular formula is C15H15ClFNO. The predicted molar refractivity (Wildman–Crippen MR) is 74.5 cm³/mol.